The summed E-state index contributed by atoms with van der Waals surface area (Å²) in [5.41, 5.74) is 11.9. The molecule has 4 nitrogen and oxygen atoms in total. The molecule has 100 valence electrons. The van der Waals surface area contributed by atoms with E-state index in [-0.39, 0.29) is 0 Å². The first-order valence-electron chi connectivity index (χ1n) is 6.54. The van der Waals surface area contributed by atoms with Crippen molar-refractivity contribution in [3.8, 4) is 0 Å². The van der Waals surface area contributed by atoms with E-state index in [9.17, 15) is 0 Å². The van der Waals surface area contributed by atoms with Gasteiger partial charge in [-0.15, -0.1) is 0 Å². The molecule has 0 bridgehead atoms. The molecule has 21 heavy (non-hydrogen) atoms. The summed E-state index contributed by atoms with van der Waals surface area (Å²) in [7, 11) is 0. The Morgan fingerprint density at radius 1 is 0.905 bits per heavy atom. The molecule has 3 rings (SSSR count). The summed E-state index contributed by atoms with van der Waals surface area (Å²) in [5, 5.41) is 4.68. The van der Waals surface area contributed by atoms with E-state index < -0.39 is 0 Å². The molecule has 4 heteroatoms. The number of pyridine rings is 1. The summed E-state index contributed by atoms with van der Waals surface area (Å²) in [6, 6.07) is 19.5. The van der Waals surface area contributed by atoms with Crippen molar-refractivity contribution in [1.82, 2.24) is 4.98 Å². The van der Waals surface area contributed by atoms with Gasteiger partial charge in [0.05, 0.1) is 11.2 Å². The molecule has 0 fully saturated rings. The minimum atomic E-state index is 0.610. The Morgan fingerprint density at radius 3 is 2.52 bits per heavy atom. The summed E-state index contributed by atoms with van der Waals surface area (Å²) in [4.78, 5) is 7.34. The lowest BCUT2D eigenvalue weighted by atomic mass is 10.1. The predicted molar refractivity (Wildman–Crippen MR) is 85.9 cm³/mol. The number of benzene rings is 2. The molecule has 0 atom stereocenters. The van der Waals surface area contributed by atoms with Gasteiger partial charge in [-0.1, -0.05) is 59.7 Å². The first kappa shape index (κ1) is 12.9. The van der Waals surface area contributed by atoms with Crippen LogP contribution in [0.25, 0.3) is 33.5 Å². The maximum Gasteiger partial charge on any atom is 0.0709 e. The van der Waals surface area contributed by atoms with Gasteiger partial charge in [0.1, 0.15) is 0 Å². The second kappa shape index (κ2) is 5.90. The molecule has 1 heterocycles. The maximum absolute atomic E-state index is 8.36. The van der Waals surface area contributed by atoms with Crippen molar-refractivity contribution in [3.63, 3.8) is 0 Å². The van der Waals surface area contributed by atoms with Crippen LogP contribution in [0.2, 0.25) is 0 Å². The third kappa shape index (κ3) is 3.08. The number of hydrogen-bond donors (Lipinski definition) is 0. The van der Waals surface area contributed by atoms with Gasteiger partial charge in [0.25, 0.3) is 0 Å². The van der Waals surface area contributed by atoms with Crippen molar-refractivity contribution in [2.75, 3.05) is 0 Å². The molecule has 0 N–H and O–H groups in total. The van der Waals surface area contributed by atoms with Gasteiger partial charge in [-0.3, -0.25) is 0 Å². The molecule has 0 aliphatic rings. The van der Waals surface area contributed by atoms with Crippen LogP contribution in [0.1, 0.15) is 11.3 Å². The van der Waals surface area contributed by atoms with E-state index >= 15 is 0 Å². The Morgan fingerprint density at radius 2 is 1.71 bits per heavy atom. The number of para-hydroxylation sites is 1. The second-order valence-electron chi connectivity index (χ2n) is 4.54. The highest BCUT2D eigenvalue weighted by Crippen LogP contribution is 2.16. The lowest BCUT2D eigenvalue weighted by Gasteiger charge is -1.99. The van der Waals surface area contributed by atoms with E-state index in [0.29, 0.717) is 5.69 Å². The monoisotopic (exact) mass is 272 g/mol. The Bertz CT molecular complexity index is 844. The van der Waals surface area contributed by atoms with E-state index in [1.807, 2.05) is 54.6 Å². The lowest BCUT2D eigenvalue weighted by Crippen LogP contribution is -1.82. The second-order valence-corrected chi connectivity index (χ2v) is 4.54. The zero-order chi connectivity index (χ0) is 14.5. The summed E-state index contributed by atoms with van der Waals surface area (Å²) >= 11 is 0. The number of azide groups is 1. The van der Waals surface area contributed by atoms with E-state index in [0.717, 1.165) is 22.2 Å². The van der Waals surface area contributed by atoms with Crippen molar-refractivity contribution >= 4 is 28.7 Å². The quantitative estimate of drug-likeness (QED) is 0.360. The fourth-order valence-corrected chi connectivity index (χ4v) is 2.06. The largest absolute Gasteiger partial charge is 0.248 e. The Labute approximate surface area is 122 Å². The topological polar surface area (TPSA) is 61.7 Å². The molecule has 1 aromatic heterocycles. The first-order valence-corrected chi connectivity index (χ1v) is 6.54. The zero-order valence-electron chi connectivity index (χ0n) is 11.2. The van der Waals surface area contributed by atoms with E-state index in [2.05, 4.69) is 21.1 Å². The number of aromatic nitrogens is 1. The van der Waals surface area contributed by atoms with Crippen LogP contribution in [0.3, 0.4) is 0 Å². The first-order chi connectivity index (χ1) is 10.3. The fourth-order valence-electron chi connectivity index (χ4n) is 2.06. The lowest BCUT2D eigenvalue weighted by molar-refractivity contribution is 1.37. The minimum absolute atomic E-state index is 0.610. The average Bonchev–Trinajstić information content (AvgIpc) is 2.54. The third-order valence-corrected chi connectivity index (χ3v) is 3.12. The Hall–Kier alpha value is -3.10. The highest BCUT2D eigenvalue weighted by molar-refractivity contribution is 5.80. The Balaban J connectivity index is 1.85. The molecular weight excluding hydrogens is 260 g/mol. The van der Waals surface area contributed by atoms with Gasteiger partial charge < -0.3 is 0 Å². The molecule has 0 unspecified atom stereocenters. The molecule has 0 spiro atoms. The van der Waals surface area contributed by atoms with Gasteiger partial charge in [0.2, 0.25) is 0 Å². The summed E-state index contributed by atoms with van der Waals surface area (Å²) in [6.45, 7) is 0. The van der Waals surface area contributed by atoms with E-state index in [4.69, 9.17) is 5.53 Å². The maximum atomic E-state index is 8.36. The minimum Gasteiger partial charge on any atom is -0.248 e. The molecule has 3 aromatic rings. The van der Waals surface area contributed by atoms with Gasteiger partial charge in [0, 0.05) is 16.0 Å². The van der Waals surface area contributed by atoms with Crippen LogP contribution in [0.5, 0.6) is 0 Å². The van der Waals surface area contributed by atoms with Gasteiger partial charge in [0.15, 0.2) is 0 Å². The van der Waals surface area contributed by atoms with Crippen molar-refractivity contribution < 1.29 is 0 Å². The zero-order valence-corrected chi connectivity index (χ0v) is 11.2. The highest BCUT2D eigenvalue weighted by Gasteiger charge is 1.95. The fraction of sp³-hybridized carbons (Fsp3) is 0. The summed E-state index contributed by atoms with van der Waals surface area (Å²) in [5.74, 6) is 0. The molecule has 0 saturated heterocycles. The van der Waals surface area contributed by atoms with Crippen molar-refractivity contribution in [3.05, 3.63) is 82.4 Å². The molecule has 0 aliphatic carbocycles. The highest BCUT2D eigenvalue weighted by atomic mass is 15.1. The average molecular weight is 272 g/mol. The Kier molecular flexibility index (Phi) is 3.63. The normalized spacial score (nSPS) is 10.7. The van der Waals surface area contributed by atoms with Crippen molar-refractivity contribution in [1.29, 1.82) is 0 Å². The third-order valence-electron chi connectivity index (χ3n) is 3.12. The van der Waals surface area contributed by atoms with Crippen LogP contribution in [-0.2, 0) is 0 Å². The molecule has 0 saturated carbocycles. The number of hydrogen-bond acceptors (Lipinski definition) is 2. The molecule has 0 aliphatic heterocycles. The smallest absolute Gasteiger partial charge is 0.0709 e. The SMILES string of the molecule is [N-]=[N+]=Nc1ccc(/C=C/c2ccc3ccccc3n2)cc1. The summed E-state index contributed by atoms with van der Waals surface area (Å²) < 4.78 is 0. The molecule has 0 radical (unpaired) electrons. The molecule has 0 amide bonds. The van der Waals surface area contributed by atoms with Crippen LogP contribution in [0, 0.1) is 0 Å². The van der Waals surface area contributed by atoms with Crippen LogP contribution in [0.4, 0.5) is 5.69 Å². The van der Waals surface area contributed by atoms with Gasteiger partial charge >= 0.3 is 0 Å². The van der Waals surface area contributed by atoms with Gasteiger partial charge in [-0.05, 0) is 29.3 Å². The van der Waals surface area contributed by atoms with Crippen molar-refractivity contribution in [2.24, 2.45) is 5.11 Å². The van der Waals surface area contributed by atoms with Gasteiger partial charge in [-0.2, -0.15) is 0 Å². The molecule has 2 aromatic carbocycles. The van der Waals surface area contributed by atoms with Crippen LogP contribution in [-0.4, -0.2) is 4.98 Å². The van der Waals surface area contributed by atoms with E-state index in [1.54, 1.807) is 12.1 Å². The number of fused-ring (bicyclic) bond motifs is 1. The van der Waals surface area contributed by atoms with E-state index in [1.165, 1.54) is 0 Å². The van der Waals surface area contributed by atoms with Crippen LogP contribution in [0.15, 0.2) is 65.8 Å². The molecular formula is C17H12N4. The van der Waals surface area contributed by atoms with Crippen LogP contribution < -0.4 is 0 Å². The van der Waals surface area contributed by atoms with Crippen LogP contribution >= 0.6 is 0 Å². The van der Waals surface area contributed by atoms with Crippen molar-refractivity contribution in [2.45, 2.75) is 0 Å². The standard InChI is InChI=1S/C17H12N4/c18-21-20-16-10-6-13(7-11-16)5-9-15-12-8-14-3-1-2-4-17(14)19-15/h1-12H/b9-5+. The number of nitrogens with zero attached hydrogens (tertiary/aromatic N) is 4. The summed E-state index contributed by atoms with van der Waals surface area (Å²) in [6.07, 6.45) is 3.95. The number of rotatable bonds is 3. The van der Waals surface area contributed by atoms with Gasteiger partial charge in [-0.25, -0.2) is 4.98 Å². The predicted octanol–water partition coefficient (Wildman–Crippen LogP) is 5.35.